The van der Waals surface area contributed by atoms with E-state index in [9.17, 15) is 9.59 Å². The Morgan fingerprint density at radius 2 is 1.85 bits per heavy atom. The number of carbonyl (C=O) groups excluding carboxylic acids is 2. The number of hydrogen-bond donors (Lipinski definition) is 0. The molecule has 0 unspecified atom stereocenters. The summed E-state index contributed by atoms with van der Waals surface area (Å²) < 4.78 is 10.3. The first kappa shape index (κ1) is 18.9. The van der Waals surface area contributed by atoms with Gasteiger partial charge < -0.3 is 14.4 Å². The van der Waals surface area contributed by atoms with Crippen LogP contribution in [0.4, 0.5) is 0 Å². The van der Waals surface area contributed by atoms with Crippen molar-refractivity contribution >= 4 is 11.9 Å². The molecule has 2 aliphatic rings. The van der Waals surface area contributed by atoms with E-state index in [1.54, 1.807) is 19.2 Å². The van der Waals surface area contributed by atoms with Gasteiger partial charge in [-0.25, -0.2) is 4.79 Å². The molecule has 1 saturated heterocycles. The molecule has 0 spiro atoms. The average Bonchev–Trinajstić information content (AvgIpc) is 2.82. The summed E-state index contributed by atoms with van der Waals surface area (Å²) in [4.78, 5) is 26.8. The van der Waals surface area contributed by atoms with E-state index in [0.717, 1.165) is 31.4 Å². The molecule has 1 heterocycles. The van der Waals surface area contributed by atoms with Crippen molar-refractivity contribution in [3.63, 3.8) is 0 Å². The lowest BCUT2D eigenvalue weighted by atomic mass is 9.65. The van der Waals surface area contributed by atoms with E-state index in [4.69, 9.17) is 9.47 Å². The van der Waals surface area contributed by atoms with Crippen LogP contribution in [0.1, 0.15) is 56.0 Å². The molecule has 1 aliphatic heterocycles. The van der Waals surface area contributed by atoms with Gasteiger partial charge in [0.1, 0.15) is 0 Å². The number of benzene rings is 1. The number of carbonyl (C=O) groups is 2. The highest BCUT2D eigenvalue weighted by Gasteiger charge is 2.50. The summed E-state index contributed by atoms with van der Waals surface area (Å²) >= 11 is 0. The van der Waals surface area contributed by atoms with E-state index in [1.807, 2.05) is 17.0 Å². The predicted molar refractivity (Wildman–Crippen MR) is 98.7 cm³/mol. The molecule has 1 aromatic rings. The molecule has 5 nitrogen and oxygen atoms in total. The van der Waals surface area contributed by atoms with E-state index >= 15 is 0 Å². The van der Waals surface area contributed by atoms with Gasteiger partial charge in [0.25, 0.3) is 5.91 Å². The first-order valence-electron chi connectivity index (χ1n) is 9.26. The lowest BCUT2D eigenvalue weighted by molar-refractivity contribution is -0.135. The van der Waals surface area contributed by atoms with Gasteiger partial charge in [0.15, 0.2) is 6.61 Å². The third kappa shape index (κ3) is 4.09. The molecule has 3 rings (SSSR count). The van der Waals surface area contributed by atoms with E-state index in [1.165, 1.54) is 0 Å². The van der Waals surface area contributed by atoms with Crippen LogP contribution in [0, 0.1) is 10.8 Å². The van der Waals surface area contributed by atoms with Crippen LogP contribution in [-0.4, -0.2) is 43.1 Å². The molecule has 142 valence electrons. The fraction of sp³-hybridized carbons (Fsp3) is 0.619. The molecule has 0 radical (unpaired) electrons. The van der Waals surface area contributed by atoms with Gasteiger partial charge in [0.2, 0.25) is 0 Å². The quantitative estimate of drug-likeness (QED) is 0.756. The molecular weight excluding hydrogens is 330 g/mol. The van der Waals surface area contributed by atoms with Crippen molar-refractivity contribution in [2.24, 2.45) is 10.8 Å². The molecule has 0 aromatic heterocycles. The zero-order valence-corrected chi connectivity index (χ0v) is 16.2. The second kappa shape index (κ2) is 7.03. The minimum atomic E-state index is -0.462. The van der Waals surface area contributed by atoms with Gasteiger partial charge >= 0.3 is 5.97 Å². The largest absolute Gasteiger partial charge is 0.452 e. The van der Waals surface area contributed by atoms with Gasteiger partial charge in [-0.15, -0.1) is 0 Å². The summed E-state index contributed by atoms with van der Waals surface area (Å²) in [5.74, 6) is -0.545. The van der Waals surface area contributed by atoms with Crippen LogP contribution in [0.25, 0.3) is 0 Å². The number of nitrogens with zero attached hydrogens (tertiary/aromatic N) is 1. The molecule has 1 amide bonds. The molecule has 2 bridgehead atoms. The highest BCUT2D eigenvalue weighted by molar-refractivity contribution is 5.91. The maximum Gasteiger partial charge on any atom is 0.338 e. The highest BCUT2D eigenvalue weighted by Crippen LogP contribution is 2.52. The smallest absolute Gasteiger partial charge is 0.338 e. The Morgan fingerprint density at radius 3 is 2.50 bits per heavy atom. The van der Waals surface area contributed by atoms with E-state index < -0.39 is 5.97 Å². The van der Waals surface area contributed by atoms with Crippen LogP contribution in [-0.2, 0) is 20.9 Å². The number of ether oxygens (including phenoxy) is 2. The van der Waals surface area contributed by atoms with Gasteiger partial charge in [-0.3, -0.25) is 4.79 Å². The van der Waals surface area contributed by atoms with Crippen molar-refractivity contribution < 1.29 is 19.1 Å². The van der Waals surface area contributed by atoms with Gasteiger partial charge in [0.05, 0.1) is 12.2 Å². The molecular formula is C21H29NO4. The summed E-state index contributed by atoms with van der Waals surface area (Å²) in [6, 6.07) is 7.33. The van der Waals surface area contributed by atoms with Gasteiger partial charge in [-0.1, -0.05) is 32.9 Å². The summed E-state index contributed by atoms with van der Waals surface area (Å²) in [7, 11) is 1.63. The molecule has 26 heavy (non-hydrogen) atoms. The average molecular weight is 359 g/mol. The molecule has 2 fully saturated rings. The highest BCUT2D eigenvalue weighted by atomic mass is 16.5. The van der Waals surface area contributed by atoms with Crippen LogP contribution < -0.4 is 0 Å². The second-order valence-electron chi connectivity index (χ2n) is 8.94. The van der Waals surface area contributed by atoms with Crippen LogP contribution >= 0.6 is 0 Å². The van der Waals surface area contributed by atoms with Crippen molar-refractivity contribution in [2.75, 3.05) is 20.3 Å². The van der Waals surface area contributed by atoms with Crippen molar-refractivity contribution in [1.29, 1.82) is 0 Å². The lowest BCUT2D eigenvalue weighted by Gasteiger charge is -2.39. The van der Waals surface area contributed by atoms with Crippen molar-refractivity contribution in [1.82, 2.24) is 4.90 Å². The molecule has 1 saturated carbocycles. The summed E-state index contributed by atoms with van der Waals surface area (Å²) in [6.07, 6.45) is 3.20. The maximum absolute atomic E-state index is 12.6. The Morgan fingerprint density at radius 1 is 1.15 bits per heavy atom. The van der Waals surface area contributed by atoms with Gasteiger partial charge in [-0.05, 0) is 47.8 Å². The van der Waals surface area contributed by atoms with Crippen LogP contribution in [0.3, 0.4) is 0 Å². The normalized spacial score (nSPS) is 26.6. The number of methoxy groups -OCH3 is 1. The van der Waals surface area contributed by atoms with Gasteiger partial charge in [-0.2, -0.15) is 0 Å². The first-order chi connectivity index (χ1) is 12.2. The molecule has 5 heteroatoms. The minimum Gasteiger partial charge on any atom is -0.452 e. The van der Waals surface area contributed by atoms with Crippen LogP contribution in [0.2, 0.25) is 0 Å². The maximum atomic E-state index is 12.6. The zero-order valence-electron chi connectivity index (χ0n) is 16.2. The topological polar surface area (TPSA) is 55.8 Å². The van der Waals surface area contributed by atoms with Gasteiger partial charge in [0, 0.05) is 19.7 Å². The Bertz CT molecular complexity index is 682. The Labute approximate surface area is 155 Å². The van der Waals surface area contributed by atoms with Crippen LogP contribution in [0.5, 0.6) is 0 Å². The lowest BCUT2D eigenvalue weighted by Crippen LogP contribution is -2.39. The third-order valence-corrected chi connectivity index (χ3v) is 5.56. The number of rotatable bonds is 5. The fourth-order valence-corrected chi connectivity index (χ4v) is 4.95. The Kier molecular flexibility index (Phi) is 5.11. The number of hydrogen-bond acceptors (Lipinski definition) is 4. The summed E-state index contributed by atoms with van der Waals surface area (Å²) in [5, 5.41) is 0. The Hall–Kier alpha value is -1.88. The van der Waals surface area contributed by atoms with E-state index in [2.05, 4.69) is 20.8 Å². The molecule has 1 aromatic carbocycles. The number of likely N-dealkylation sites (tertiary alicyclic amines) is 1. The zero-order chi connectivity index (χ0) is 18.9. The Balaban J connectivity index is 1.56. The number of esters is 1. The van der Waals surface area contributed by atoms with E-state index in [0.29, 0.717) is 12.2 Å². The predicted octanol–water partition coefficient (Wildman–Crippen LogP) is 3.42. The second-order valence-corrected chi connectivity index (χ2v) is 8.94. The van der Waals surface area contributed by atoms with E-state index in [-0.39, 0.29) is 29.4 Å². The number of fused-ring (bicyclic) bond motifs is 2. The minimum absolute atomic E-state index is 0.0826. The van der Waals surface area contributed by atoms with Crippen LogP contribution in [0.15, 0.2) is 24.3 Å². The van der Waals surface area contributed by atoms with Crippen molar-refractivity contribution in [2.45, 2.75) is 52.7 Å². The molecule has 2 atom stereocenters. The standard InChI is InChI=1S/C21H29NO4/c1-20(2)9-17-10-21(3,13-20)14-22(17)18(23)12-26-19(24)16-7-5-15(6-8-16)11-25-4/h5-8,17H,9-14H2,1-4H3/t17-,21-/m0/s1. The van der Waals surface area contributed by atoms with Crippen molar-refractivity contribution in [3.05, 3.63) is 35.4 Å². The van der Waals surface area contributed by atoms with Crippen molar-refractivity contribution in [3.8, 4) is 0 Å². The SMILES string of the molecule is COCc1ccc(C(=O)OCC(=O)N2C[C@@]3(C)C[C@@H]2CC(C)(C)C3)cc1. The fourth-order valence-electron chi connectivity index (χ4n) is 4.95. The summed E-state index contributed by atoms with van der Waals surface area (Å²) in [5.41, 5.74) is 1.88. The molecule has 1 aliphatic carbocycles. The number of amides is 1. The molecule has 0 N–H and O–H groups in total. The monoisotopic (exact) mass is 359 g/mol. The first-order valence-corrected chi connectivity index (χ1v) is 9.26. The summed E-state index contributed by atoms with van der Waals surface area (Å²) in [6.45, 7) is 7.90. The third-order valence-electron chi connectivity index (χ3n) is 5.56.